The van der Waals surface area contributed by atoms with Crippen molar-refractivity contribution in [1.82, 2.24) is 4.98 Å². The maximum Gasteiger partial charge on any atom is 0.140 e. The second-order valence-corrected chi connectivity index (χ2v) is 13.2. The highest BCUT2D eigenvalue weighted by Crippen LogP contribution is 2.68. The maximum absolute atomic E-state index is 11.3. The number of nitriles is 1. The predicted molar refractivity (Wildman–Crippen MR) is 143 cm³/mol. The third-order valence-corrected chi connectivity index (χ3v) is 11.6. The number of rotatable bonds is 7. The molecule has 0 amide bonds. The van der Waals surface area contributed by atoms with Crippen LogP contribution in [0.5, 0.6) is 0 Å². The van der Waals surface area contributed by atoms with Gasteiger partial charge in [0.2, 0.25) is 0 Å². The van der Waals surface area contributed by atoms with Crippen LogP contribution < -0.4 is 5.32 Å². The number of aromatic nitrogens is 1. The molecule has 4 aliphatic carbocycles. The van der Waals surface area contributed by atoms with Crippen molar-refractivity contribution in [3.05, 3.63) is 24.0 Å². The van der Waals surface area contributed by atoms with Crippen molar-refractivity contribution < 1.29 is 9.84 Å². The third-order valence-electron chi connectivity index (χ3n) is 11.6. The minimum atomic E-state index is -0.616. The molecule has 1 unspecified atom stereocenters. The number of fused-ring (bicyclic) bond motifs is 5. The van der Waals surface area contributed by atoms with Crippen LogP contribution in [0.15, 0.2) is 18.3 Å². The summed E-state index contributed by atoms with van der Waals surface area (Å²) in [5, 5.41) is 24.2. The predicted octanol–water partition coefficient (Wildman–Crippen LogP) is 6.57. The van der Waals surface area contributed by atoms with Crippen LogP contribution in [0.25, 0.3) is 0 Å². The number of nitrogens with zero attached hydrogens (tertiary/aromatic N) is 2. The Morgan fingerprint density at radius 3 is 2.58 bits per heavy atom. The van der Waals surface area contributed by atoms with Crippen molar-refractivity contribution in [2.45, 2.75) is 104 Å². The third kappa shape index (κ3) is 4.37. The molecule has 2 N–H and O–H groups in total. The minimum absolute atomic E-state index is 0.372. The zero-order chi connectivity index (χ0) is 25.6. The van der Waals surface area contributed by atoms with E-state index in [4.69, 9.17) is 10.00 Å². The Labute approximate surface area is 218 Å². The van der Waals surface area contributed by atoms with Gasteiger partial charge >= 0.3 is 0 Å². The van der Waals surface area contributed by atoms with Crippen molar-refractivity contribution in [3.8, 4) is 6.07 Å². The topological polar surface area (TPSA) is 78.2 Å². The number of hydrogen-bond acceptors (Lipinski definition) is 5. The van der Waals surface area contributed by atoms with E-state index < -0.39 is 5.60 Å². The molecule has 5 heteroatoms. The minimum Gasteiger partial charge on any atom is -0.387 e. The van der Waals surface area contributed by atoms with Gasteiger partial charge in [0.05, 0.1) is 24.1 Å². The fourth-order valence-corrected chi connectivity index (χ4v) is 9.69. The van der Waals surface area contributed by atoms with Crippen LogP contribution in [0.2, 0.25) is 0 Å². The highest BCUT2D eigenvalue weighted by atomic mass is 16.5. The molecule has 5 rings (SSSR count). The standard InChI is InChI=1S/C31H47N3O2/c1-5-28(34-23-9-8-22(18-32)33-19-23)27-12-11-25-24-10-7-21-17-31(35,20-36-6-2)16-15-29(21,3)26(24)13-14-30(25,27)4/h8-9,19,21,24-28,34-35H,5-7,10-17,20H2,1-4H3/t21-,24+,25+,26+,27-,28?,29+,30+,31-/m1/s1. The van der Waals surface area contributed by atoms with E-state index in [1.165, 1.54) is 38.5 Å². The Balaban J connectivity index is 1.30. The highest BCUT2D eigenvalue weighted by Gasteiger charge is 2.61. The summed E-state index contributed by atoms with van der Waals surface area (Å²) in [7, 11) is 0. The van der Waals surface area contributed by atoms with Gasteiger partial charge in [-0.3, -0.25) is 0 Å². The molecule has 4 aliphatic rings. The number of anilines is 1. The molecule has 9 atom stereocenters. The summed E-state index contributed by atoms with van der Waals surface area (Å²) >= 11 is 0. The number of aliphatic hydroxyl groups is 1. The van der Waals surface area contributed by atoms with E-state index in [9.17, 15) is 5.11 Å². The fraction of sp³-hybridized carbons (Fsp3) is 0.806. The molecule has 5 nitrogen and oxygen atoms in total. The molecule has 0 saturated heterocycles. The van der Waals surface area contributed by atoms with Gasteiger partial charge in [0.25, 0.3) is 0 Å². The summed E-state index contributed by atoms with van der Waals surface area (Å²) in [5.74, 6) is 3.77. The molecule has 0 bridgehead atoms. The largest absolute Gasteiger partial charge is 0.387 e. The van der Waals surface area contributed by atoms with Crippen LogP contribution in [0.4, 0.5) is 5.69 Å². The first-order valence-electron chi connectivity index (χ1n) is 14.7. The van der Waals surface area contributed by atoms with Gasteiger partial charge < -0.3 is 15.2 Å². The van der Waals surface area contributed by atoms with Crippen LogP contribution in [0, 0.1) is 51.8 Å². The first kappa shape index (κ1) is 26.0. The molecule has 4 fully saturated rings. The molecule has 36 heavy (non-hydrogen) atoms. The van der Waals surface area contributed by atoms with Gasteiger partial charge in [-0.15, -0.1) is 0 Å². The van der Waals surface area contributed by atoms with E-state index in [-0.39, 0.29) is 0 Å². The van der Waals surface area contributed by atoms with Crippen molar-refractivity contribution in [2.75, 3.05) is 18.5 Å². The molecular formula is C31H47N3O2. The molecule has 198 valence electrons. The molecule has 1 heterocycles. The summed E-state index contributed by atoms with van der Waals surface area (Å²) in [6, 6.07) is 6.40. The van der Waals surface area contributed by atoms with E-state index in [1.807, 2.05) is 25.3 Å². The average molecular weight is 494 g/mol. The first-order chi connectivity index (χ1) is 17.3. The van der Waals surface area contributed by atoms with Crippen molar-refractivity contribution in [1.29, 1.82) is 5.26 Å². The number of pyridine rings is 1. The highest BCUT2D eigenvalue weighted by molar-refractivity contribution is 5.44. The Bertz CT molecular complexity index is 960. The van der Waals surface area contributed by atoms with Crippen LogP contribution in [-0.4, -0.2) is 34.9 Å². The molecule has 0 aliphatic heterocycles. The Hall–Kier alpha value is -1.64. The van der Waals surface area contributed by atoms with Gasteiger partial charge in [-0.05, 0) is 124 Å². The molecule has 4 saturated carbocycles. The smallest absolute Gasteiger partial charge is 0.140 e. The van der Waals surface area contributed by atoms with E-state index in [2.05, 4.69) is 37.1 Å². The Morgan fingerprint density at radius 1 is 1.08 bits per heavy atom. The molecule has 0 spiro atoms. The summed E-state index contributed by atoms with van der Waals surface area (Å²) in [6.45, 7) is 10.7. The van der Waals surface area contributed by atoms with E-state index in [1.54, 1.807) is 0 Å². The lowest BCUT2D eigenvalue weighted by atomic mass is 9.43. The number of hydrogen-bond donors (Lipinski definition) is 2. The number of nitrogens with one attached hydrogen (secondary N) is 1. The van der Waals surface area contributed by atoms with Gasteiger partial charge in [0.15, 0.2) is 0 Å². The van der Waals surface area contributed by atoms with Crippen LogP contribution >= 0.6 is 0 Å². The number of ether oxygens (including phenoxy) is 1. The van der Waals surface area contributed by atoms with E-state index >= 15 is 0 Å². The Kier molecular flexibility index (Phi) is 7.16. The van der Waals surface area contributed by atoms with Crippen molar-refractivity contribution in [3.63, 3.8) is 0 Å². The average Bonchev–Trinajstić information content (AvgIpc) is 3.24. The summed E-state index contributed by atoms with van der Waals surface area (Å²) < 4.78 is 5.69. The van der Waals surface area contributed by atoms with Gasteiger partial charge in [0, 0.05) is 12.6 Å². The molecule has 1 aromatic heterocycles. The van der Waals surface area contributed by atoms with Gasteiger partial charge in [-0.1, -0.05) is 20.8 Å². The Morgan fingerprint density at radius 2 is 1.89 bits per heavy atom. The van der Waals surface area contributed by atoms with Crippen molar-refractivity contribution >= 4 is 5.69 Å². The van der Waals surface area contributed by atoms with Crippen LogP contribution in [0.1, 0.15) is 97.6 Å². The van der Waals surface area contributed by atoms with E-state index in [0.29, 0.717) is 47.6 Å². The quantitative estimate of drug-likeness (QED) is 0.449. The maximum atomic E-state index is 11.3. The zero-order valence-corrected chi connectivity index (χ0v) is 22.9. The monoisotopic (exact) mass is 493 g/mol. The second kappa shape index (κ2) is 9.91. The molecule has 1 aromatic rings. The lowest BCUT2D eigenvalue weighted by Gasteiger charge is -2.62. The lowest BCUT2D eigenvalue weighted by molar-refractivity contribution is -0.165. The summed E-state index contributed by atoms with van der Waals surface area (Å²) in [6.07, 6.45) is 13.9. The zero-order valence-electron chi connectivity index (χ0n) is 22.9. The van der Waals surface area contributed by atoms with E-state index in [0.717, 1.165) is 49.1 Å². The van der Waals surface area contributed by atoms with Gasteiger partial charge in [-0.25, -0.2) is 4.98 Å². The van der Waals surface area contributed by atoms with Gasteiger partial charge in [0.1, 0.15) is 11.8 Å². The lowest BCUT2D eigenvalue weighted by Crippen LogP contribution is -2.57. The molecule has 0 aromatic carbocycles. The normalized spacial score (nSPS) is 42.5. The SMILES string of the molecule is CCOC[C@@]1(O)CC[C@@]2(C)[C@H](CC[C@@H]3[C@@H]2CC[C@]2(C)[C@@H](C(CC)Nc4ccc(C#N)nc4)CC[C@@H]32)C1. The fourth-order valence-electron chi connectivity index (χ4n) is 9.69. The molecule has 0 radical (unpaired) electrons. The summed E-state index contributed by atoms with van der Waals surface area (Å²) in [5.41, 5.74) is 1.66. The first-order valence-corrected chi connectivity index (χ1v) is 14.7. The molecular weight excluding hydrogens is 446 g/mol. The van der Waals surface area contributed by atoms with Gasteiger partial charge in [-0.2, -0.15) is 5.26 Å². The van der Waals surface area contributed by atoms with Crippen LogP contribution in [0.3, 0.4) is 0 Å². The second-order valence-electron chi connectivity index (χ2n) is 13.2. The summed E-state index contributed by atoms with van der Waals surface area (Å²) in [4.78, 5) is 4.29. The van der Waals surface area contributed by atoms with Crippen LogP contribution in [-0.2, 0) is 4.74 Å². The van der Waals surface area contributed by atoms with Crippen molar-refractivity contribution in [2.24, 2.45) is 40.4 Å².